The number of rotatable bonds is 3. The van der Waals surface area contributed by atoms with Crippen LogP contribution in [-0.2, 0) is 6.42 Å². The second-order valence-electron chi connectivity index (χ2n) is 8.40. The van der Waals surface area contributed by atoms with E-state index in [1.807, 2.05) is 0 Å². The number of halogens is 1. The zero-order chi connectivity index (χ0) is 18.6. The molecular formula is C26H29F. The van der Waals surface area contributed by atoms with Crippen LogP contribution in [0.5, 0.6) is 0 Å². The molecule has 0 saturated heterocycles. The summed E-state index contributed by atoms with van der Waals surface area (Å²) < 4.78 is 13.0. The summed E-state index contributed by atoms with van der Waals surface area (Å²) in [6.45, 7) is 2.30. The fraction of sp³-hybridized carbons (Fsp3) is 0.462. The molecule has 0 heterocycles. The van der Waals surface area contributed by atoms with Crippen LogP contribution in [0.3, 0.4) is 0 Å². The Morgan fingerprint density at radius 2 is 1.74 bits per heavy atom. The van der Waals surface area contributed by atoms with Gasteiger partial charge in [0, 0.05) is 11.1 Å². The molecule has 1 heteroatoms. The first-order chi connectivity index (χ1) is 13.2. The first kappa shape index (κ1) is 18.3. The molecule has 3 atom stereocenters. The minimum absolute atomic E-state index is 0.215. The van der Waals surface area contributed by atoms with Gasteiger partial charge in [-0.3, -0.25) is 0 Å². The topological polar surface area (TPSA) is 0 Å². The molecule has 2 aliphatic carbocycles. The summed E-state index contributed by atoms with van der Waals surface area (Å²) in [7, 11) is 0. The average molecular weight is 361 g/mol. The third-order valence-electron chi connectivity index (χ3n) is 6.58. The summed E-state index contributed by atoms with van der Waals surface area (Å²) in [5.41, 5.74) is 5.04. The molecule has 0 amide bonds. The van der Waals surface area contributed by atoms with Crippen molar-refractivity contribution in [2.24, 2.45) is 11.8 Å². The maximum atomic E-state index is 13.0. The quantitative estimate of drug-likeness (QED) is 0.524. The Hall–Kier alpha value is -2.07. The van der Waals surface area contributed by atoms with Gasteiger partial charge in [0.15, 0.2) is 0 Å². The Labute approximate surface area is 163 Å². The van der Waals surface area contributed by atoms with Crippen molar-refractivity contribution in [2.45, 2.75) is 64.2 Å². The van der Waals surface area contributed by atoms with Crippen LogP contribution in [0.15, 0.2) is 42.5 Å². The van der Waals surface area contributed by atoms with E-state index in [0.29, 0.717) is 0 Å². The highest BCUT2D eigenvalue weighted by Gasteiger charge is 2.34. The normalized spacial score (nSPS) is 23.7. The Balaban J connectivity index is 1.48. The van der Waals surface area contributed by atoms with Gasteiger partial charge in [-0.25, -0.2) is 4.39 Å². The molecule has 0 nitrogen and oxygen atoms in total. The highest BCUT2D eigenvalue weighted by atomic mass is 19.1. The van der Waals surface area contributed by atoms with E-state index in [4.69, 9.17) is 0 Å². The summed E-state index contributed by atoms with van der Waals surface area (Å²) >= 11 is 0. The smallest absolute Gasteiger partial charge is 0.123 e. The van der Waals surface area contributed by atoms with Gasteiger partial charge in [0.25, 0.3) is 0 Å². The van der Waals surface area contributed by atoms with Crippen molar-refractivity contribution in [1.82, 2.24) is 0 Å². The van der Waals surface area contributed by atoms with E-state index in [9.17, 15) is 4.39 Å². The van der Waals surface area contributed by atoms with Gasteiger partial charge in [0.1, 0.15) is 5.82 Å². The highest BCUT2D eigenvalue weighted by Crippen LogP contribution is 2.47. The Morgan fingerprint density at radius 1 is 0.963 bits per heavy atom. The molecule has 140 valence electrons. The molecule has 0 aromatic heterocycles. The van der Waals surface area contributed by atoms with E-state index in [-0.39, 0.29) is 5.82 Å². The van der Waals surface area contributed by atoms with Crippen LogP contribution in [0, 0.1) is 29.5 Å². The van der Waals surface area contributed by atoms with Gasteiger partial charge in [-0.1, -0.05) is 44.1 Å². The minimum Gasteiger partial charge on any atom is -0.207 e. The molecule has 27 heavy (non-hydrogen) atoms. The van der Waals surface area contributed by atoms with Crippen molar-refractivity contribution >= 4 is 0 Å². The van der Waals surface area contributed by atoms with Crippen molar-refractivity contribution in [3.63, 3.8) is 0 Å². The molecule has 0 spiro atoms. The van der Waals surface area contributed by atoms with E-state index < -0.39 is 0 Å². The maximum absolute atomic E-state index is 13.0. The van der Waals surface area contributed by atoms with Gasteiger partial charge in [0.2, 0.25) is 0 Å². The van der Waals surface area contributed by atoms with Crippen molar-refractivity contribution in [1.29, 1.82) is 0 Å². The lowest BCUT2D eigenvalue weighted by atomic mass is 9.64. The van der Waals surface area contributed by atoms with Gasteiger partial charge in [-0.15, -0.1) is 0 Å². The second-order valence-corrected chi connectivity index (χ2v) is 8.40. The number of fused-ring (bicyclic) bond motifs is 3. The standard InChI is InChI=1S/C26H29F/c1-2-3-4-20-9-15-25-22(17-20)11-12-23-18-21(10-16-26(23)25)6-5-19-7-13-24(27)14-8-19/h7-8,10,13-14,16,18,20,22,25H,2-4,9,11-12,15,17H2,1H3/t20-,22-,25+/m1/s1. The zero-order valence-corrected chi connectivity index (χ0v) is 16.3. The van der Waals surface area contributed by atoms with Crippen LogP contribution < -0.4 is 0 Å². The number of hydrogen-bond acceptors (Lipinski definition) is 0. The number of hydrogen-bond donors (Lipinski definition) is 0. The van der Waals surface area contributed by atoms with E-state index in [1.165, 1.54) is 69.1 Å². The fourth-order valence-electron chi connectivity index (χ4n) is 5.12. The lowest BCUT2D eigenvalue weighted by Gasteiger charge is -2.40. The molecule has 2 aromatic carbocycles. The first-order valence-electron chi connectivity index (χ1n) is 10.6. The summed E-state index contributed by atoms with van der Waals surface area (Å²) in [6.07, 6.45) is 10.9. The predicted octanol–water partition coefficient (Wildman–Crippen LogP) is 6.86. The van der Waals surface area contributed by atoms with Crippen LogP contribution in [0.1, 0.15) is 80.0 Å². The van der Waals surface area contributed by atoms with Gasteiger partial charge in [0.05, 0.1) is 0 Å². The lowest BCUT2D eigenvalue weighted by Crippen LogP contribution is -2.28. The van der Waals surface area contributed by atoms with E-state index in [1.54, 1.807) is 17.7 Å². The summed E-state index contributed by atoms with van der Waals surface area (Å²) in [5, 5.41) is 0. The van der Waals surface area contributed by atoms with Crippen LogP contribution in [0.4, 0.5) is 4.39 Å². The fourth-order valence-corrected chi connectivity index (χ4v) is 5.12. The molecule has 2 aromatic rings. The van der Waals surface area contributed by atoms with E-state index in [0.717, 1.165) is 28.9 Å². The van der Waals surface area contributed by atoms with Crippen molar-refractivity contribution in [2.75, 3.05) is 0 Å². The summed E-state index contributed by atoms with van der Waals surface area (Å²) in [4.78, 5) is 0. The zero-order valence-electron chi connectivity index (χ0n) is 16.3. The molecule has 0 bridgehead atoms. The highest BCUT2D eigenvalue weighted by molar-refractivity contribution is 5.47. The van der Waals surface area contributed by atoms with E-state index in [2.05, 4.69) is 37.0 Å². The van der Waals surface area contributed by atoms with E-state index >= 15 is 0 Å². The molecule has 1 fully saturated rings. The van der Waals surface area contributed by atoms with Crippen LogP contribution in [0.25, 0.3) is 0 Å². The first-order valence-corrected chi connectivity index (χ1v) is 10.6. The van der Waals surface area contributed by atoms with Gasteiger partial charge in [-0.2, -0.15) is 0 Å². The Kier molecular flexibility index (Phi) is 5.63. The minimum atomic E-state index is -0.215. The second kappa shape index (κ2) is 8.30. The Bertz CT molecular complexity index is 837. The van der Waals surface area contributed by atoms with Crippen molar-refractivity contribution < 1.29 is 4.39 Å². The van der Waals surface area contributed by atoms with Crippen LogP contribution >= 0.6 is 0 Å². The van der Waals surface area contributed by atoms with Crippen LogP contribution in [0.2, 0.25) is 0 Å². The van der Waals surface area contributed by atoms with Crippen LogP contribution in [-0.4, -0.2) is 0 Å². The largest absolute Gasteiger partial charge is 0.207 e. The summed E-state index contributed by atoms with van der Waals surface area (Å²) in [6, 6.07) is 13.2. The van der Waals surface area contributed by atoms with Crippen molar-refractivity contribution in [3.8, 4) is 11.8 Å². The average Bonchev–Trinajstić information content (AvgIpc) is 2.71. The van der Waals surface area contributed by atoms with Gasteiger partial charge >= 0.3 is 0 Å². The van der Waals surface area contributed by atoms with Crippen molar-refractivity contribution in [3.05, 3.63) is 70.5 Å². The maximum Gasteiger partial charge on any atom is 0.123 e. The number of aryl methyl sites for hydroxylation is 1. The molecule has 0 unspecified atom stereocenters. The molecular weight excluding hydrogens is 331 g/mol. The molecule has 0 radical (unpaired) electrons. The Morgan fingerprint density at radius 3 is 2.56 bits per heavy atom. The molecule has 2 aliphatic rings. The molecule has 4 rings (SSSR count). The SMILES string of the molecule is CCCC[C@@H]1CC[C@@H]2c3ccc(C#Cc4ccc(F)cc4)cc3CC[C@@H]2C1. The lowest BCUT2D eigenvalue weighted by molar-refractivity contribution is 0.200. The molecule has 1 saturated carbocycles. The molecule has 0 aliphatic heterocycles. The number of benzene rings is 2. The number of unbranched alkanes of at least 4 members (excludes halogenated alkanes) is 1. The predicted molar refractivity (Wildman–Crippen MR) is 110 cm³/mol. The third-order valence-corrected chi connectivity index (χ3v) is 6.58. The van der Waals surface area contributed by atoms with Gasteiger partial charge in [-0.05, 0) is 97.4 Å². The molecule has 0 N–H and O–H groups in total. The van der Waals surface area contributed by atoms with Gasteiger partial charge < -0.3 is 0 Å². The summed E-state index contributed by atoms with van der Waals surface area (Å²) in [5.74, 6) is 8.83. The third kappa shape index (κ3) is 4.27. The monoisotopic (exact) mass is 360 g/mol.